The SMILES string of the molecule is CC1CN(Cc2csc(NC(=O)COc3ccc4cc(Br)ccc4c3)n2)CC(C)O1. The molecule has 8 heteroatoms. The minimum Gasteiger partial charge on any atom is -0.484 e. The third kappa shape index (κ3) is 5.57. The number of hydrogen-bond acceptors (Lipinski definition) is 6. The number of hydrogen-bond donors (Lipinski definition) is 1. The van der Waals surface area contributed by atoms with Crippen molar-refractivity contribution in [1.29, 1.82) is 0 Å². The van der Waals surface area contributed by atoms with Gasteiger partial charge in [-0.15, -0.1) is 11.3 Å². The molecule has 1 aliphatic rings. The zero-order valence-electron chi connectivity index (χ0n) is 16.9. The van der Waals surface area contributed by atoms with Crippen LogP contribution in [0.25, 0.3) is 10.8 Å². The van der Waals surface area contributed by atoms with E-state index in [1.165, 1.54) is 11.3 Å². The van der Waals surface area contributed by atoms with Crippen LogP contribution in [-0.4, -0.2) is 47.7 Å². The number of anilines is 1. The minimum atomic E-state index is -0.222. The Hall–Kier alpha value is -2.00. The molecule has 30 heavy (non-hydrogen) atoms. The summed E-state index contributed by atoms with van der Waals surface area (Å²) in [5, 5.41) is 7.58. The molecule has 0 aliphatic carbocycles. The van der Waals surface area contributed by atoms with Crippen LogP contribution >= 0.6 is 27.3 Å². The largest absolute Gasteiger partial charge is 0.484 e. The lowest BCUT2D eigenvalue weighted by molar-refractivity contribution is -0.118. The number of carbonyl (C=O) groups is 1. The van der Waals surface area contributed by atoms with Crippen molar-refractivity contribution in [2.24, 2.45) is 0 Å². The van der Waals surface area contributed by atoms with Crippen LogP contribution in [0.5, 0.6) is 5.75 Å². The summed E-state index contributed by atoms with van der Waals surface area (Å²) in [6.45, 7) is 6.65. The number of ether oxygens (including phenoxy) is 2. The van der Waals surface area contributed by atoms with Crippen molar-refractivity contribution in [2.75, 3.05) is 25.0 Å². The third-order valence-corrected chi connectivity index (χ3v) is 6.12. The first-order chi connectivity index (χ1) is 14.4. The van der Waals surface area contributed by atoms with Gasteiger partial charge >= 0.3 is 0 Å². The third-order valence-electron chi connectivity index (χ3n) is 4.82. The van der Waals surface area contributed by atoms with Gasteiger partial charge in [-0.3, -0.25) is 15.0 Å². The molecule has 2 atom stereocenters. The molecule has 6 nitrogen and oxygen atoms in total. The molecule has 1 saturated heterocycles. The molecule has 2 aromatic carbocycles. The smallest absolute Gasteiger partial charge is 0.264 e. The number of amides is 1. The fourth-order valence-corrected chi connectivity index (χ4v) is 4.76. The lowest BCUT2D eigenvalue weighted by Gasteiger charge is -2.34. The standard InChI is InChI=1S/C22H24BrN3O3S/c1-14-9-26(10-15(2)29-14)11-19-13-30-22(24-19)25-21(27)12-28-20-6-4-16-7-18(23)5-3-17(16)8-20/h3-8,13-15H,9-12H2,1-2H3,(H,24,25,27). The van der Waals surface area contributed by atoms with Crippen molar-refractivity contribution in [3.63, 3.8) is 0 Å². The van der Waals surface area contributed by atoms with E-state index in [2.05, 4.69) is 45.0 Å². The molecule has 158 valence electrons. The second kappa shape index (κ2) is 9.43. The van der Waals surface area contributed by atoms with Gasteiger partial charge in [-0.1, -0.05) is 28.1 Å². The summed E-state index contributed by atoms with van der Waals surface area (Å²) in [6, 6.07) is 11.8. The fraction of sp³-hybridized carbons (Fsp3) is 0.364. The highest BCUT2D eigenvalue weighted by molar-refractivity contribution is 9.10. The van der Waals surface area contributed by atoms with E-state index in [9.17, 15) is 4.79 Å². The number of carbonyl (C=O) groups excluding carboxylic acids is 1. The van der Waals surface area contributed by atoms with E-state index in [0.29, 0.717) is 10.9 Å². The molecule has 0 radical (unpaired) electrons. The Morgan fingerprint density at radius 1 is 1.23 bits per heavy atom. The van der Waals surface area contributed by atoms with E-state index in [0.717, 1.165) is 40.6 Å². The Balaban J connectivity index is 1.29. The average Bonchev–Trinajstić information content (AvgIpc) is 3.12. The second-order valence-electron chi connectivity index (χ2n) is 7.59. The van der Waals surface area contributed by atoms with Crippen molar-refractivity contribution < 1.29 is 14.3 Å². The average molecular weight is 490 g/mol. The predicted molar refractivity (Wildman–Crippen MR) is 123 cm³/mol. The number of fused-ring (bicyclic) bond motifs is 1. The van der Waals surface area contributed by atoms with Crippen LogP contribution in [0, 0.1) is 0 Å². The van der Waals surface area contributed by atoms with Gasteiger partial charge in [-0.2, -0.15) is 0 Å². The van der Waals surface area contributed by atoms with Gasteiger partial charge in [0.2, 0.25) is 0 Å². The van der Waals surface area contributed by atoms with Gasteiger partial charge in [0.1, 0.15) is 5.75 Å². The second-order valence-corrected chi connectivity index (χ2v) is 9.36. The van der Waals surface area contributed by atoms with Gasteiger partial charge in [0.25, 0.3) is 5.91 Å². The predicted octanol–water partition coefficient (Wildman–Crippen LogP) is 4.69. The van der Waals surface area contributed by atoms with Crippen LogP contribution in [0.15, 0.2) is 46.3 Å². The zero-order valence-corrected chi connectivity index (χ0v) is 19.3. The van der Waals surface area contributed by atoms with E-state index in [1.807, 2.05) is 41.8 Å². The molecular weight excluding hydrogens is 466 g/mol. The quantitative estimate of drug-likeness (QED) is 0.544. The molecule has 1 aliphatic heterocycles. The Morgan fingerprint density at radius 3 is 2.77 bits per heavy atom. The number of halogens is 1. The Kier molecular flexibility index (Phi) is 6.67. The minimum absolute atomic E-state index is 0.0601. The Morgan fingerprint density at radius 2 is 1.97 bits per heavy atom. The maximum atomic E-state index is 12.3. The number of morpholine rings is 1. The van der Waals surface area contributed by atoms with Crippen molar-refractivity contribution in [2.45, 2.75) is 32.6 Å². The van der Waals surface area contributed by atoms with Gasteiger partial charge in [0.15, 0.2) is 11.7 Å². The summed E-state index contributed by atoms with van der Waals surface area (Å²) in [5.41, 5.74) is 0.957. The monoisotopic (exact) mass is 489 g/mol. The summed E-state index contributed by atoms with van der Waals surface area (Å²) in [6.07, 6.45) is 0.445. The first-order valence-corrected chi connectivity index (χ1v) is 11.6. The number of nitrogens with zero attached hydrogens (tertiary/aromatic N) is 2. The molecule has 3 aromatic rings. The summed E-state index contributed by atoms with van der Waals surface area (Å²) in [4.78, 5) is 19.2. The van der Waals surface area contributed by atoms with Crippen LogP contribution in [0.4, 0.5) is 5.13 Å². The number of benzene rings is 2. The highest BCUT2D eigenvalue weighted by Crippen LogP contribution is 2.24. The summed E-state index contributed by atoms with van der Waals surface area (Å²) in [7, 11) is 0. The highest BCUT2D eigenvalue weighted by Gasteiger charge is 2.22. The van der Waals surface area contributed by atoms with E-state index >= 15 is 0 Å². The molecule has 1 amide bonds. The molecule has 2 heterocycles. The van der Waals surface area contributed by atoms with E-state index in [4.69, 9.17) is 9.47 Å². The molecule has 4 rings (SSSR count). The Bertz CT molecular complexity index is 1030. The van der Waals surface area contributed by atoms with E-state index in [-0.39, 0.29) is 24.7 Å². The summed E-state index contributed by atoms with van der Waals surface area (Å²) >= 11 is 4.90. The number of aromatic nitrogens is 1. The summed E-state index contributed by atoms with van der Waals surface area (Å²) < 4.78 is 12.5. The van der Waals surface area contributed by atoms with Gasteiger partial charge in [0, 0.05) is 29.5 Å². The van der Waals surface area contributed by atoms with Crippen molar-refractivity contribution in [1.82, 2.24) is 9.88 Å². The maximum Gasteiger partial charge on any atom is 0.264 e. The highest BCUT2D eigenvalue weighted by atomic mass is 79.9. The fourth-order valence-electron chi connectivity index (χ4n) is 3.67. The Labute approximate surface area is 188 Å². The van der Waals surface area contributed by atoms with Gasteiger partial charge in [0.05, 0.1) is 17.9 Å². The lowest BCUT2D eigenvalue weighted by Crippen LogP contribution is -2.44. The molecule has 1 N–H and O–H groups in total. The van der Waals surface area contributed by atoms with Crippen LogP contribution in [0.2, 0.25) is 0 Å². The van der Waals surface area contributed by atoms with Crippen molar-refractivity contribution in [3.05, 3.63) is 51.9 Å². The zero-order chi connectivity index (χ0) is 21.1. The van der Waals surface area contributed by atoms with Gasteiger partial charge in [-0.05, 0) is 48.9 Å². The molecule has 2 unspecified atom stereocenters. The van der Waals surface area contributed by atoms with Gasteiger partial charge < -0.3 is 9.47 Å². The molecule has 0 bridgehead atoms. The van der Waals surface area contributed by atoms with Crippen LogP contribution in [0.3, 0.4) is 0 Å². The molecule has 0 spiro atoms. The number of thiazole rings is 1. The van der Waals surface area contributed by atoms with Gasteiger partial charge in [-0.25, -0.2) is 4.98 Å². The van der Waals surface area contributed by atoms with Crippen molar-refractivity contribution >= 4 is 49.1 Å². The van der Waals surface area contributed by atoms with Crippen molar-refractivity contribution in [3.8, 4) is 5.75 Å². The van der Waals surface area contributed by atoms with E-state index in [1.54, 1.807) is 0 Å². The first kappa shape index (κ1) is 21.2. The normalized spacial score (nSPS) is 19.7. The lowest BCUT2D eigenvalue weighted by atomic mass is 10.1. The van der Waals surface area contributed by atoms with E-state index < -0.39 is 0 Å². The summed E-state index contributed by atoms with van der Waals surface area (Å²) in [5.74, 6) is 0.441. The first-order valence-electron chi connectivity index (χ1n) is 9.89. The molecular formula is C22H24BrN3O3S. The number of nitrogens with one attached hydrogen (secondary N) is 1. The van der Waals surface area contributed by atoms with Crippen LogP contribution in [0.1, 0.15) is 19.5 Å². The molecule has 0 saturated carbocycles. The van der Waals surface area contributed by atoms with Crippen LogP contribution in [-0.2, 0) is 16.1 Å². The molecule has 1 fully saturated rings. The molecule has 1 aromatic heterocycles. The topological polar surface area (TPSA) is 63.7 Å². The maximum absolute atomic E-state index is 12.3. The number of rotatable bonds is 6. The van der Waals surface area contributed by atoms with Crippen LogP contribution < -0.4 is 10.1 Å².